The summed E-state index contributed by atoms with van der Waals surface area (Å²) >= 11 is 0. The molecule has 1 aromatic rings. The Balaban J connectivity index is 0.000000187. The molecule has 0 atom stereocenters. The monoisotopic (exact) mass is 175 g/mol. The fraction of sp³-hybridized carbons (Fsp3) is 0.167. The lowest BCUT2D eigenvalue weighted by atomic mass is 10.5. The second-order valence-electron chi connectivity index (χ2n) is 1.76. The highest BCUT2D eigenvalue weighted by Gasteiger charge is 1.81. The zero-order valence-corrected chi connectivity index (χ0v) is 6.82. The highest BCUT2D eigenvalue weighted by molar-refractivity contribution is 7.85. The van der Waals surface area contributed by atoms with Crippen LogP contribution in [-0.4, -0.2) is 24.2 Å². The molecule has 62 valence electrons. The van der Waals surface area contributed by atoms with Gasteiger partial charge in [0.1, 0.15) is 0 Å². The lowest BCUT2D eigenvalue weighted by molar-refractivity contribution is 0.490. The number of pyridine rings is 1. The predicted octanol–water partition coefficient (Wildman–Crippen LogP) is 0.586. The summed E-state index contributed by atoms with van der Waals surface area (Å²) in [6.07, 6.45) is 4.22. The summed E-state index contributed by atoms with van der Waals surface area (Å²) in [4.78, 5) is 3.78. The first kappa shape index (κ1) is 10.1. The maximum Gasteiger partial charge on any atom is 0.261 e. The number of aromatic nitrogens is 1. The van der Waals surface area contributed by atoms with Crippen LogP contribution in [0.5, 0.6) is 0 Å². The van der Waals surface area contributed by atoms with Crippen molar-refractivity contribution in [1.82, 2.24) is 4.98 Å². The molecule has 0 saturated carbocycles. The van der Waals surface area contributed by atoms with Crippen LogP contribution in [-0.2, 0) is 10.1 Å². The van der Waals surface area contributed by atoms with E-state index in [1.54, 1.807) is 12.4 Å². The zero-order valence-electron chi connectivity index (χ0n) is 6.01. The summed E-state index contributed by atoms with van der Waals surface area (Å²) in [6, 6.07) is 5.72. The maximum absolute atomic E-state index is 9.19. The Morgan fingerprint density at radius 1 is 1.18 bits per heavy atom. The van der Waals surface area contributed by atoms with Crippen LogP contribution in [0.2, 0.25) is 0 Å². The average molecular weight is 175 g/mol. The van der Waals surface area contributed by atoms with Gasteiger partial charge in [-0.2, -0.15) is 8.42 Å². The van der Waals surface area contributed by atoms with Gasteiger partial charge in [-0.15, -0.1) is 0 Å². The third-order valence-corrected chi connectivity index (χ3v) is 0.566. The minimum Gasteiger partial charge on any atom is -0.286 e. The fourth-order valence-corrected chi connectivity index (χ4v) is 0.313. The summed E-state index contributed by atoms with van der Waals surface area (Å²) in [5.41, 5.74) is 0. The van der Waals surface area contributed by atoms with Crippen molar-refractivity contribution in [3.8, 4) is 0 Å². The zero-order chi connectivity index (χ0) is 8.74. The predicted molar refractivity (Wildman–Crippen MR) is 41.7 cm³/mol. The van der Waals surface area contributed by atoms with Crippen LogP contribution < -0.4 is 0 Å². The molecule has 0 radical (unpaired) electrons. The van der Waals surface area contributed by atoms with Gasteiger partial charge in [-0.3, -0.25) is 9.54 Å². The summed E-state index contributed by atoms with van der Waals surface area (Å²) < 4.78 is 25.9. The summed E-state index contributed by atoms with van der Waals surface area (Å²) in [6.45, 7) is 0. The number of hydrogen-bond acceptors (Lipinski definition) is 3. The standard InChI is InChI=1S/C5H5N.CH4O3S/c1-2-4-6-5-3-1;1-5(2,3)4/h1-5H;1H3,(H,2,3,4). The van der Waals surface area contributed by atoms with Crippen molar-refractivity contribution in [2.75, 3.05) is 6.26 Å². The molecular formula is C6H9NO3S. The van der Waals surface area contributed by atoms with Gasteiger partial charge in [-0.05, 0) is 12.1 Å². The van der Waals surface area contributed by atoms with Crippen LogP contribution in [0.3, 0.4) is 0 Å². The number of hydrogen-bond donors (Lipinski definition) is 1. The largest absolute Gasteiger partial charge is 0.286 e. The van der Waals surface area contributed by atoms with Crippen LogP contribution >= 0.6 is 0 Å². The number of rotatable bonds is 0. The third kappa shape index (κ3) is 17.6. The molecule has 1 heterocycles. The lowest BCUT2D eigenvalue weighted by Crippen LogP contribution is -1.88. The summed E-state index contributed by atoms with van der Waals surface area (Å²) in [5, 5.41) is 0. The molecule has 11 heavy (non-hydrogen) atoms. The van der Waals surface area contributed by atoms with Crippen LogP contribution in [0.4, 0.5) is 0 Å². The maximum atomic E-state index is 9.19. The van der Waals surface area contributed by atoms with Gasteiger partial charge in [0.25, 0.3) is 10.1 Å². The molecule has 1 aromatic heterocycles. The lowest BCUT2D eigenvalue weighted by Gasteiger charge is -1.70. The van der Waals surface area contributed by atoms with E-state index < -0.39 is 10.1 Å². The van der Waals surface area contributed by atoms with Crippen molar-refractivity contribution >= 4 is 10.1 Å². The van der Waals surface area contributed by atoms with Crippen molar-refractivity contribution in [1.29, 1.82) is 0 Å². The van der Waals surface area contributed by atoms with Gasteiger partial charge in [-0.25, -0.2) is 0 Å². The van der Waals surface area contributed by atoms with E-state index in [0.29, 0.717) is 6.26 Å². The molecule has 0 saturated heterocycles. The normalized spacial score (nSPS) is 9.64. The van der Waals surface area contributed by atoms with Crippen LogP contribution in [0.15, 0.2) is 30.6 Å². The van der Waals surface area contributed by atoms with E-state index in [0.717, 1.165) is 0 Å². The van der Waals surface area contributed by atoms with E-state index in [2.05, 4.69) is 4.98 Å². The van der Waals surface area contributed by atoms with E-state index in [4.69, 9.17) is 4.55 Å². The van der Waals surface area contributed by atoms with E-state index in [1.807, 2.05) is 18.2 Å². The molecule has 0 aliphatic rings. The first-order valence-corrected chi connectivity index (χ1v) is 4.62. The Morgan fingerprint density at radius 2 is 1.55 bits per heavy atom. The third-order valence-electron chi connectivity index (χ3n) is 0.566. The smallest absolute Gasteiger partial charge is 0.261 e. The Morgan fingerprint density at radius 3 is 1.64 bits per heavy atom. The molecule has 0 fully saturated rings. The van der Waals surface area contributed by atoms with Crippen molar-refractivity contribution in [3.63, 3.8) is 0 Å². The summed E-state index contributed by atoms with van der Waals surface area (Å²) in [7, 11) is -3.67. The Bertz CT molecular complexity index is 234. The highest BCUT2D eigenvalue weighted by Crippen LogP contribution is 1.73. The second kappa shape index (κ2) is 4.81. The SMILES string of the molecule is CS(=O)(=O)O.c1ccncc1. The van der Waals surface area contributed by atoms with Gasteiger partial charge in [0, 0.05) is 12.4 Å². The second-order valence-corrected chi connectivity index (χ2v) is 3.22. The molecule has 0 aromatic carbocycles. The molecule has 0 bridgehead atoms. The number of nitrogens with zero attached hydrogens (tertiary/aromatic N) is 1. The van der Waals surface area contributed by atoms with E-state index in [1.165, 1.54) is 0 Å². The minimum atomic E-state index is -3.67. The van der Waals surface area contributed by atoms with Gasteiger partial charge in [-0.1, -0.05) is 6.07 Å². The Kier molecular flexibility index (Phi) is 4.40. The highest BCUT2D eigenvalue weighted by atomic mass is 32.2. The van der Waals surface area contributed by atoms with Crippen LogP contribution in [0, 0.1) is 0 Å². The van der Waals surface area contributed by atoms with Crippen molar-refractivity contribution < 1.29 is 13.0 Å². The molecule has 1 rings (SSSR count). The molecule has 0 aliphatic carbocycles. The van der Waals surface area contributed by atoms with Crippen LogP contribution in [0.25, 0.3) is 0 Å². The van der Waals surface area contributed by atoms with E-state index >= 15 is 0 Å². The van der Waals surface area contributed by atoms with Gasteiger partial charge < -0.3 is 0 Å². The van der Waals surface area contributed by atoms with Crippen molar-refractivity contribution in [2.24, 2.45) is 0 Å². The average Bonchev–Trinajstić information content (AvgIpc) is 1.88. The van der Waals surface area contributed by atoms with Crippen molar-refractivity contribution in [3.05, 3.63) is 30.6 Å². The molecule has 1 N–H and O–H groups in total. The molecule has 4 nitrogen and oxygen atoms in total. The molecule has 0 aliphatic heterocycles. The topological polar surface area (TPSA) is 67.3 Å². The van der Waals surface area contributed by atoms with E-state index in [9.17, 15) is 8.42 Å². The Hall–Kier alpha value is -0.940. The Labute approximate surface area is 65.7 Å². The summed E-state index contributed by atoms with van der Waals surface area (Å²) in [5.74, 6) is 0. The first-order chi connectivity index (χ1) is 5.00. The van der Waals surface area contributed by atoms with Crippen LogP contribution in [0.1, 0.15) is 0 Å². The molecule has 5 heteroatoms. The van der Waals surface area contributed by atoms with Gasteiger partial charge in [0.2, 0.25) is 0 Å². The first-order valence-electron chi connectivity index (χ1n) is 2.77. The molecule has 0 unspecified atom stereocenters. The fourth-order valence-electron chi connectivity index (χ4n) is 0.313. The van der Waals surface area contributed by atoms with Gasteiger partial charge in [0.15, 0.2) is 0 Å². The van der Waals surface area contributed by atoms with E-state index in [-0.39, 0.29) is 0 Å². The molecular weight excluding hydrogens is 166 g/mol. The van der Waals surface area contributed by atoms with Gasteiger partial charge >= 0.3 is 0 Å². The quantitative estimate of drug-likeness (QED) is 0.586. The van der Waals surface area contributed by atoms with Gasteiger partial charge in [0.05, 0.1) is 6.26 Å². The van der Waals surface area contributed by atoms with Crippen molar-refractivity contribution in [2.45, 2.75) is 0 Å². The molecule has 0 spiro atoms. The minimum absolute atomic E-state index is 0.715. The molecule has 0 amide bonds.